The summed E-state index contributed by atoms with van der Waals surface area (Å²) in [5.74, 6) is 0. The van der Waals surface area contributed by atoms with Crippen LogP contribution in [0.25, 0.3) is 16.9 Å². The van der Waals surface area contributed by atoms with E-state index < -0.39 is 0 Å². The fraction of sp³-hybridized carbons (Fsp3) is 0.0588. The van der Waals surface area contributed by atoms with Gasteiger partial charge in [-0.05, 0) is 36.8 Å². The lowest BCUT2D eigenvalue weighted by molar-refractivity contribution is 1.02. The van der Waals surface area contributed by atoms with Gasteiger partial charge in [-0.25, -0.2) is 0 Å². The number of para-hydroxylation sites is 1. The Kier molecular flexibility index (Phi) is 3.14. The zero-order valence-corrected chi connectivity index (χ0v) is 11.4. The Hall–Kier alpha value is -1.99. The van der Waals surface area contributed by atoms with E-state index in [1.165, 1.54) is 11.3 Å². The van der Waals surface area contributed by atoms with Crippen molar-refractivity contribution >= 4 is 11.6 Å². The molecule has 1 heterocycles. The molecule has 0 saturated carbocycles. The van der Waals surface area contributed by atoms with Gasteiger partial charge < -0.3 is 4.57 Å². The van der Waals surface area contributed by atoms with E-state index in [4.69, 9.17) is 11.6 Å². The second-order valence-corrected chi connectivity index (χ2v) is 4.92. The smallest absolute Gasteiger partial charge is 0.0646 e. The zero-order valence-electron chi connectivity index (χ0n) is 10.7. The molecule has 0 amide bonds. The number of hydrogen-bond acceptors (Lipinski definition) is 0. The van der Waals surface area contributed by atoms with Crippen LogP contribution in [0.5, 0.6) is 0 Å². The highest BCUT2D eigenvalue weighted by atomic mass is 35.5. The number of aromatic nitrogens is 1. The summed E-state index contributed by atoms with van der Waals surface area (Å²) in [6.45, 7) is 2.09. The molecule has 0 unspecified atom stereocenters. The molecule has 0 radical (unpaired) electrons. The van der Waals surface area contributed by atoms with E-state index in [1.54, 1.807) is 0 Å². The van der Waals surface area contributed by atoms with E-state index in [0.29, 0.717) is 0 Å². The van der Waals surface area contributed by atoms with Gasteiger partial charge in [0.25, 0.3) is 0 Å². The van der Waals surface area contributed by atoms with Crippen LogP contribution in [-0.4, -0.2) is 4.57 Å². The lowest BCUT2D eigenvalue weighted by atomic mass is 10.1. The van der Waals surface area contributed by atoms with Crippen LogP contribution >= 0.6 is 11.6 Å². The second-order valence-electron chi connectivity index (χ2n) is 4.51. The molecule has 0 bridgehead atoms. The van der Waals surface area contributed by atoms with E-state index in [0.717, 1.165) is 16.4 Å². The van der Waals surface area contributed by atoms with Crippen molar-refractivity contribution in [1.29, 1.82) is 0 Å². The Morgan fingerprint density at radius 1 is 0.789 bits per heavy atom. The van der Waals surface area contributed by atoms with Gasteiger partial charge in [0.2, 0.25) is 0 Å². The summed E-state index contributed by atoms with van der Waals surface area (Å²) in [5, 5.41) is 0.763. The molecule has 0 aliphatic carbocycles. The summed E-state index contributed by atoms with van der Waals surface area (Å²) in [4.78, 5) is 0. The van der Waals surface area contributed by atoms with Gasteiger partial charge in [-0.1, -0.05) is 54.1 Å². The van der Waals surface area contributed by atoms with Crippen molar-refractivity contribution < 1.29 is 0 Å². The number of hydrogen-bond donors (Lipinski definition) is 0. The first-order chi connectivity index (χ1) is 9.27. The van der Waals surface area contributed by atoms with Crippen molar-refractivity contribution in [3.05, 3.63) is 77.4 Å². The Morgan fingerprint density at radius 2 is 1.47 bits per heavy atom. The van der Waals surface area contributed by atoms with Gasteiger partial charge in [0.1, 0.15) is 0 Å². The van der Waals surface area contributed by atoms with Crippen LogP contribution in [0.4, 0.5) is 0 Å². The highest BCUT2D eigenvalue weighted by Crippen LogP contribution is 2.29. The van der Waals surface area contributed by atoms with Crippen molar-refractivity contribution in [2.75, 3.05) is 0 Å². The Morgan fingerprint density at radius 3 is 2.21 bits per heavy atom. The van der Waals surface area contributed by atoms with E-state index >= 15 is 0 Å². The monoisotopic (exact) mass is 267 g/mol. The highest BCUT2D eigenvalue weighted by molar-refractivity contribution is 6.32. The summed E-state index contributed by atoms with van der Waals surface area (Å²) < 4.78 is 2.19. The molecule has 1 nitrogen and oxygen atoms in total. The SMILES string of the molecule is Cc1ccc(-c2ccccc2)n1-c1ccccc1Cl. The maximum absolute atomic E-state index is 6.33. The maximum atomic E-state index is 6.33. The molecule has 2 aromatic carbocycles. The largest absolute Gasteiger partial charge is 0.312 e. The normalized spacial score (nSPS) is 10.6. The van der Waals surface area contributed by atoms with Gasteiger partial charge in [-0.2, -0.15) is 0 Å². The number of nitrogens with zero attached hydrogens (tertiary/aromatic N) is 1. The molecule has 0 spiro atoms. The number of benzene rings is 2. The summed E-state index contributed by atoms with van der Waals surface area (Å²) in [6.07, 6.45) is 0. The summed E-state index contributed by atoms with van der Waals surface area (Å²) in [5.41, 5.74) is 4.54. The van der Waals surface area contributed by atoms with E-state index in [9.17, 15) is 0 Å². The van der Waals surface area contributed by atoms with Crippen LogP contribution < -0.4 is 0 Å². The minimum absolute atomic E-state index is 0.763. The molecule has 0 N–H and O–H groups in total. The molecule has 2 heteroatoms. The second kappa shape index (κ2) is 4.94. The molecule has 19 heavy (non-hydrogen) atoms. The first-order valence-corrected chi connectivity index (χ1v) is 6.64. The Balaban J connectivity index is 2.23. The fourth-order valence-corrected chi connectivity index (χ4v) is 2.55. The summed E-state index contributed by atoms with van der Waals surface area (Å²) >= 11 is 6.33. The quantitative estimate of drug-likeness (QED) is 0.608. The predicted octanol–water partition coefficient (Wildman–Crippen LogP) is 5.11. The highest BCUT2D eigenvalue weighted by Gasteiger charge is 2.11. The first-order valence-electron chi connectivity index (χ1n) is 6.26. The summed E-state index contributed by atoms with van der Waals surface area (Å²) in [6, 6.07) is 22.5. The average molecular weight is 268 g/mol. The lowest BCUT2D eigenvalue weighted by Gasteiger charge is -2.13. The molecule has 3 aromatic rings. The van der Waals surface area contributed by atoms with Crippen molar-refractivity contribution in [3.8, 4) is 16.9 Å². The molecule has 0 aliphatic rings. The lowest BCUT2D eigenvalue weighted by Crippen LogP contribution is -1.99. The van der Waals surface area contributed by atoms with Gasteiger partial charge in [-0.3, -0.25) is 0 Å². The Labute approximate surface area is 118 Å². The van der Waals surface area contributed by atoms with Gasteiger partial charge in [-0.15, -0.1) is 0 Å². The van der Waals surface area contributed by atoms with Crippen molar-refractivity contribution in [3.63, 3.8) is 0 Å². The van der Waals surface area contributed by atoms with Gasteiger partial charge in [0, 0.05) is 5.69 Å². The molecule has 0 saturated heterocycles. The topological polar surface area (TPSA) is 4.93 Å². The Bertz CT molecular complexity index is 698. The van der Waals surface area contributed by atoms with Crippen molar-refractivity contribution in [2.45, 2.75) is 6.92 Å². The molecule has 0 aliphatic heterocycles. The third-order valence-electron chi connectivity index (χ3n) is 3.24. The standard InChI is InChI=1S/C17H14ClN/c1-13-11-12-16(14-7-3-2-4-8-14)19(13)17-10-6-5-9-15(17)18/h2-12H,1H3. The molecular weight excluding hydrogens is 254 g/mol. The van der Waals surface area contributed by atoms with Crippen LogP contribution in [0.2, 0.25) is 5.02 Å². The van der Waals surface area contributed by atoms with Gasteiger partial charge in [0.15, 0.2) is 0 Å². The third-order valence-corrected chi connectivity index (χ3v) is 3.56. The van der Waals surface area contributed by atoms with E-state index in [-0.39, 0.29) is 0 Å². The maximum Gasteiger partial charge on any atom is 0.0646 e. The number of halogens is 1. The van der Waals surface area contributed by atoms with Crippen LogP contribution in [0.15, 0.2) is 66.7 Å². The van der Waals surface area contributed by atoms with Crippen LogP contribution in [-0.2, 0) is 0 Å². The number of aryl methyl sites for hydroxylation is 1. The van der Waals surface area contributed by atoms with Crippen LogP contribution in [0.3, 0.4) is 0 Å². The van der Waals surface area contributed by atoms with E-state index in [2.05, 4.69) is 47.9 Å². The molecule has 94 valence electrons. The minimum Gasteiger partial charge on any atom is -0.312 e. The molecular formula is C17H14ClN. The van der Waals surface area contributed by atoms with Crippen LogP contribution in [0.1, 0.15) is 5.69 Å². The van der Waals surface area contributed by atoms with Crippen LogP contribution in [0, 0.1) is 6.92 Å². The fourth-order valence-electron chi connectivity index (χ4n) is 2.33. The zero-order chi connectivity index (χ0) is 13.2. The minimum atomic E-state index is 0.763. The molecule has 1 aromatic heterocycles. The third kappa shape index (κ3) is 2.18. The van der Waals surface area contributed by atoms with Gasteiger partial charge >= 0.3 is 0 Å². The van der Waals surface area contributed by atoms with E-state index in [1.807, 2.05) is 30.3 Å². The molecule has 3 rings (SSSR count). The van der Waals surface area contributed by atoms with Crippen molar-refractivity contribution in [2.24, 2.45) is 0 Å². The molecule has 0 fully saturated rings. The number of rotatable bonds is 2. The first kappa shape index (κ1) is 12.1. The van der Waals surface area contributed by atoms with Crippen molar-refractivity contribution in [1.82, 2.24) is 4.57 Å². The molecule has 0 atom stereocenters. The summed E-state index contributed by atoms with van der Waals surface area (Å²) in [7, 11) is 0. The average Bonchev–Trinajstić information content (AvgIpc) is 2.82. The van der Waals surface area contributed by atoms with Gasteiger partial charge in [0.05, 0.1) is 16.4 Å². The predicted molar refractivity (Wildman–Crippen MR) is 81.0 cm³/mol.